The highest BCUT2D eigenvalue weighted by Gasteiger charge is 2.03. The van der Waals surface area contributed by atoms with Crippen LogP contribution in [-0.2, 0) is 4.79 Å². The minimum Gasteiger partial charge on any atom is -0.346 e. The van der Waals surface area contributed by atoms with Crippen LogP contribution in [0.25, 0.3) is 0 Å². The van der Waals surface area contributed by atoms with Gasteiger partial charge in [0.2, 0.25) is 5.91 Å². The molecule has 0 radical (unpaired) electrons. The molecule has 72 valence electrons. The minimum atomic E-state index is 0.125. The Morgan fingerprint density at radius 3 is 2.58 bits per heavy atom. The molecular formula is C9H20N2O. The molecule has 3 nitrogen and oxygen atoms in total. The number of nitrogens with zero attached hydrogens (tertiary/aromatic N) is 1. The zero-order valence-electron chi connectivity index (χ0n) is 8.34. The third kappa shape index (κ3) is 5.13. The van der Waals surface area contributed by atoms with E-state index >= 15 is 0 Å². The summed E-state index contributed by atoms with van der Waals surface area (Å²) < 4.78 is 0. The monoisotopic (exact) mass is 172 g/mol. The molecule has 2 N–H and O–H groups in total. The Kier molecular flexibility index (Phi) is 5.72. The van der Waals surface area contributed by atoms with E-state index in [1.807, 2.05) is 7.05 Å². The van der Waals surface area contributed by atoms with E-state index in [9.17, 15) is 4.79 Å². The number of carbonyl (C=O) groups excluding carboxylic acids is 1. The highest BCUT2D eigenvalue weighted by Crippen LogP contribution is 1.99. The molecule has 12 heavy (non-hydrogen) atoms. The first-order valence-electron chi connectivity index (χ1n) is 4.55. The quantitative estimate of drug-likeness (QED) is 0.672. The molecule has 0 heterocycles. The van der Waals surface area contributed by atoms with Gasteiger partial charge in [0.25, 0.3) is 0 Å². The van der Waals surface area contributed by atoms with E-state index in [4.69, 9.17) is 5.73 Å². The molecule has 0 aliphatic carbocycles. The maximum Gasteiger partial charge on any atom is 0.219 e. The number of hydrogen-bond donors (Lipinski definition) is 1. The minimum absolute atomic E-state index is 0.125. The van der Waals surface area contributed by atoms with E-state index in [0.29, 0.717) is 6.04 Å². The van der Waals surface area contributed by atoms with Crippen LogP contribution in [0, 0.1) is 0 Å². The van der Waals surface area contributed by atoms with Crippen molar-refractivity contribution in [3.05, 3.63) is 0 Å². The Morgan fingerprint density at radius 2 is 2.17 bits per heavy atom. The molecule has 0 rings (SSSR count). The van der Waals surface area contributed by atoms with Crippen molar-refractivity contribution in [1.29, 1.82) is 0 Å². The summed E-state index contributed by atoms with van der Waals surface area (Å²) in [6.45, 7) is 4.49. The molecule has 0 aliphatic rings. The van der Waals surface area contributed by atoms with Gasteiger partial charge in [-0.3, -0.25) is 4.79 Å². The predicted octanol–water partition coefficient (Wildman–Crippen LogP) is 0.982. The van der Waals surface area contributed by atoms with Crippen LogP contribution in [0.2, 0.25) is 0 Å². The number of nitrogens with two attached hydrogens (primary N) is 1. The third-order valence-corrected chi connectivity index (χ3v) is 2.13. The Hall–Kier alpha value is -0.570. The van der Waals surface area contributed by atoms with Crippen molar-refractivity contribution in [1.82, 2.24) is 4.90 Å². The summed E-state index contributed by atoms with van der Waals surface area (Å²) in [6.07, 6.45) is 3.03. The predicted molar refractivity (Wildman–Crippen MR) is 50.8 cm³/mol. The van der Waals surface area contributed by atoms with Gasteiger partial charge in [-0.05, 0) is 19.3 Å². The zero-order chi connectivity index (χ0) is 9.56. The van der Waals surface area contributed by atoms with Gasteiger partial charge in [-0.2, -0.15) is 0 Å². The van der Waals surface area contributed by atoms with E-state index in [1.54, 1.807) is 11.8 Å². The second kappa shape index (κ2) is 6.00. The molecule has 0 spiro atoms. The van der Waals surface area contributed by atoms with E-state index in [1.165, 1.54) is 0 Å². The summed E-state index contributed by atoms with van der Waals surface area (Å²) >= 11 is 0. The first-order chi connectivity index (χ1) is 5.57. The van der Waals surface area contributed by atoms with Crippen molar-refractivity contribution < 1.29 is 4.79 Å². The van der Waals surface area contributed by atoms with Gasteiger partial charge in [0.15, 0.2) is 0 Å². The average molecular weight is 172 g/mol. The van der Waals surface area contributed by atoms with Crippen LogP contribution < -0.4 is 5.73 Å². The fraction of sp³-hybridized carbons (Fsp3) is 0.889. The summed E-state index contributed by atoms with van der Waals surface area (Å²) in [5.41, 5.74) is 5.73. The van der Waals surface area contributed by atoms with Gasteiger partial charge < -0.3 is 10.6 Å². The van der Waals surface area contributed by atoms with Gasteiger partial charge in [-0.1, -0.05) is 6.92 Å². The van der Waals surface area contributed by atoms with Crippen molar-refractivity contribution in [3.8, 4) is 0 Å². The summed E-state index contributed by atoms with van der Waals surface area (Å²) in [6, 6.07) is 0.297. The summed E-state index contributed by atoms with van der Waals surface area (Å²) in [5.74, 6) is 0.125. The molecule has 1 atom stereocenters. The van der Waals surface area contributed by atoms with E-state index in [2.05, 4.69) is 6.92 Å². The lowest BCUT2D eigenvalue weighted by Crippen LogP contribution is -2.27. The Labute approximate surface area is 74.9 Å². The molecule has 0 aromatic rings. The van der Waals surface area contributed by atoms with Crippen LogP contribution in [0.1, 0.15) is 33.1 Å². The molecule has 0 aromatic carbocycles. The Bertz CT molecular complexity index is 136. The second-order valence-corrected chi connectivity index (χ2v) is 3.25. The molecule has 0 bridgehead atoms. The lowest BCUT2D eigenvalue weighted by Gasteiger charge is -2.15. The maximum absolute atomic E-state index is 10.8. The van der Waals surface area contributed by atoms with Crippen LogP contribution in [0.5, 0.6) is 0 Å². The number of rotatable bonds is 5. The summed E-state index contributed by atoms with van der Waals surface area (Å²) in [5, 5.41) is 0. The average Bonchev–Trinajstić information content (AvgIpc) is 2.03. The molecule has 0 fully saturated rings. The van der Waals surface area contributed by atoms with Crippen LogP contribution in [0.15, 0.2) is 0 Å². The van der Waals surface area contributed by atoms with Gasteiger partial charge in [-0.15, -0.1) is 0 Å². The second-order valence-electron chi connectivity index (χ2n) is 3.25. The molecule has 1 unspecified atom stereocenters. The van der Waals surface area contributed by atoms with Gasteiger partial charge in [0.1, 0.15) is 0 Å². The van der Waals surface area contributed by atoms with E-state index < -0.39 is 0 Å². The van der Waals surface area contributed by atoms with Gasteiger partial charge >= 0.3 is 0 Å². The number of carbonyl (C=O) groups is 1. The van der Waals surface area contributed by atoms with Crippen molar-refractivity contribution >= 4 is 5.91 Å². The van der Waals surface area contributed by atoms with Crippen LogP contribution >= 0.6 is 0 Å². The number of amides is 1. The van der Waals surface area contributed by atoms with E-state index in [-0.39, 0.29) is 5.91 Å². The van der Waals surface area contributed by atoms with Crippen molar-refractivity contribution in [3.63, 3.8) is 0 Å². The van der Waals surface area contributed by atoms with Crippen molar-refractivity contribution in [2.24, 2.45) is 5.73 Å². The largest absolute Gasteiger partial charge is 0.346 e. The molecule has 0 aromatic heterocycles. The van der Waals surface area contributed by atoms with Crippen molar-refractivity contribution in [2.75, 3.05) is 13.6 Å². The molecule has 3 heteroatoms. The summed E-state index contributed by atoms with van der Waals surface area (Å²) in [4.78, 5) is 12.5. The number of hydrogen-bond acceptors (Lipinski definition) is 2. The van der Waals surface area contributed by atoms with E-state index in [0.717, 1.165) is 25.8 Å². The highest BCUT2D eigenvalue weighted by atomic mass is 16.2. The zero-order valence-corrected chi connectivity index (χ0v) is 8.34. The van der Waals surface area contributed by atoms with Crippen LogP contribution in [0.4, 0.5) is 0 Å². The molecular weight excluding hydrogens is 152 g/mol. The first-order valence-corrected chi connectivity index (χ1v) is 4.55. The fourth-order valence-corrected chi connectivity index (χ4v) is 0.952. The van der Waals surface area contributed by atoms with Crippen LogP contribution in [-0.4, -0.2) is 30.4 Å². The summed E-state index contributed by atoms with van der Waals surface area (Å²) in [7, 11) is 1.82. The fourth-order valence-electron chi connectivity index (χ4n) is 0.952. The Balaban J connectivity index is 3.37. The normalized spacial score (nSPS) is 12.7. The van der Waals surface area contributed by atoms with Gasteiger partial charge in [0, 0.05) is 26.6 Å². The third-order valence-electron chi connectivity index (χ3n) is 2.13. The smallest absolute Gasteiger partial charge is 0.219 e. The molecule has 1 amide bonds. The van der Waals surface area contributed by atoms with Gasteiger partial charge in [0.05, 0.1) is 0 Å². The van der Waals surface area contributed by atoms with Crippen LogP contribution in [0.3, 0.4) is 0 Å². The highest BCUT2D eigenvalue weighted by molar-refractivity contribution is 5.72. The molecule has 0 aliphatic heterocycles. The molecule has 0 saturated heterocycles. The lowest BCUT2D eigenvalue weighted by molar-refractivity contribution is -0.127. The standard InChI is InChI=1S/C9H20N2O/c1-4-9(10)6-5-7-11(3)8(2)12/h9H,4-7,10H2,1-3H3. The maximum atomic E-state index is 10.8. The molecule has 0 saturated carbocycles. The van der Waals surface area contributed by atoms with Crippen molar-refractivity contribution in [2.45, 2.75) is 39.2 Å². The first kappa shape index (κ1) is 11.4. The van der Waals surface area contributed by atoms with Gasteiger partial charge in [-0.25, -0.2) is 0 Å². The topological polar surface area (TPSA) is 46.3 Å². The SMILES string of the molecule is CCC(N)CCCN(C)C(C)=O. The Morgan fingerprint density at radius 1 is 1.58 bits per heavy atom. The lowest BCUT2D eigenvalue weighted by atomic mass is 10.1.